The van der Waals surface area contributed by atoms with Crippen molar-refractivity contribution in [3.63, 3.8) is 0 Å². The van der Waals surface area contributed by atoms with E-state index in [1.54, 1.807) is 5.43 Å². The van der Waals surface area contributed by atoms with Crippen LogP contribution in [0.3, 0.4) is 0 Å². The molecule has 0 saturated carbocycles. The summed E-state index contributed by atoms with van der Waals surface area (Å²) in [4.78, 5) is 8.94. The number of nitrogens with two attached hydrogens (primary N) is 1. The lowest BCUT2D eigenvalue weighted by Gasteiger charge is -2.09. The fourth-order valence-corrected chi connectivity index (χ4v) is 1.17. The van der Waals surface area contributed by atoms with Gasteiger partial charge in [-0.3, -0.25) is 10.2 Å². The highest BCUT2D eigenvalue weighted by molar-refractivity contribution is 5.45. The van der Waals surface area contributed by atoms with Gasteiger partial charge in [0.2, 0.25) is 6.41 Å². The highest BCUT2D eigenvalue weighted by atomic mass is 16.3. The Morgan fingerprint density at radius 2 is 1.81 bits per heavy atom. The SMILES string of the molecule is Cc1cc(C(C)C)c(O)cc1O.NNC=O. The van der Waals surface area contributed by atoms with Crippen LogP contribution in [0.1, 0.15) is 30.9 Å². The minimum Gasteiger partial charge on any atom is -0.508 e. The fourth-order valence-electron chi connectivity index (χ4n) is 1.17. The van der Waals surface area contributed by atoms with E-state index in [4.69, 9.17) is 4.79 Å². The number of benzene rings is 1. The third-order valence-corrected chi connectivity index (χ3v) is 2.04. The van der Waals surface area contributed by atoms with Crippen molar-refractivity contribution in [1.82, 2.24) is 5.43 Å². The number of phenolic OH excluding ortho intramolecular Hbond substituents is 2. The maximum Gasteiger partial charge on any atom is 0.221 e. The van der Waals surface area contributed by atoms with E-state index in [-0.39, 0.29) is 17.4 Å². The van der Waals surface area contributed by atoms with E-state index >= 15 is 0 Å². The van der Waals surface area contributed by atoms with Crippen molar-refractivity contribution in [2.45, 2.75) is 26.7 Å². The number of hydrogen-bond acceptors (Lipinski definition) is 4. The first-order valence-corrected chi connectivity index (χ1v) is 4.86. The smallest absolute Gasteiger partial charge is 0.221 e. The zero-order chi connectivity index (χ0) is 12.7. The van der Waals surface area contributed by atoms with Crippen LogP contribution in [0.25, 0.3) is 0 Å². The molecule has 1 aromatic rings. The quantitative estimate of drug-likeness (QED) is 0.263. The molecule has 0 spiro atoms. The number of aryl methyl sites for hydroxylation is 1. The number of rotatable bonds is 2. The van der Waals surface area contributed by atoms with E-state index in [9.17, 15) is 10.2 Å². The molecule has 0 aromatic heterocycles. The van der Waals surface area contributed by atoms with Gasteiger partial charge in [0.15, 0.2) is 0 Å². The van der Waals surface area contributed by atoms with Gasteiger partial charge in [0, 0.05) is 6.07 Å². The average molecular weight is 226 g/mol. The van der Waals surface area contributed by atoms with Gasteiger partial charge in [-0.05, 0) is 30.0 Å². The largest absolute Gasteiger partial charge is 0.508 e. The summed E-state index contributed by atoms with van der Waals surface area (Å²) >= 11 is 0. The van der Waals surface area contributed by atoms with Crippen LogP contribution in [-0.4, -0.2) is 16.6 Å². The van der Waals surface area contributed by atoms with Gasteiger partial charge >= 0.3 is 0 Å². The second-order valence-electron chi connectivity index (χ2n) is 3.64. The van der Waals surface area contributed by atoms with Gasteiger partial charge < -0.3 is 10.2 Å². The summed E-state index contributed by atoms with van der Waals surface area (Å²) in [5.74, 6) is 5.02. The summed E-state index contributed by atoms with van der Waals surface area (Å²) in [5, 5.41) is 18.7. The van der Waals surface area contributed by atoms with Crippen LogP contribution in [0.15, 0.2) is 12.1 Å². The Morgan fingerprint density at radius 1 is 1.31 bits per heavy atom. The normalized spacial score (nSPS) is 9.31. The summed E-state index contributed by atoms with van der Waals surface area (Å²) in [6.45, 7) is 5.83. The first kappa shape index (κ1) is 14.2. The minimum absolute atomic E-state index is 0.150. The van der Waals surface area contributed by atoms with Gasteiger partial charge in [0.1, 0.15) is 11.5 Å². The van der Waals surface area contributed by atoms with Gasteiger partial charge in [0.25, 0.3) is 0 Å². The molecule has 1 amide bonds. The first-order valence-electron chi connectivity index (χ1n) is 4.86. The number of carbonyl (C=O) groups is 1. The van der Waals surface area contributed by atoms with Crippen molar-refractivity contribution in [3.8, 4) is 11.5 Å². The van der Waals surface area contributed by atoms with E-state index in [1.165, 1.54) is 6.07 Å². The molecule has 0 atom stereocenters. The Bertz CT molecular complexity index is 351. The Kier molecular flexibility index (Phi) is 5.95. The van der Waals surface area contributed by atoms with E-state index in [0.717, 1.165) is 11.1 Å². The second-order valence-corrected chi connectivity index (χ2v) is 3.64. The van der Waals surface area contributed by atoms with E-state index in [0.29, 0.717) is 6.41 Å². The van der Waals surface area contributed by atoms with Gasteiger partial charge in [-0.15, -0.1) is 0 Å². The van der Waals surface area contributed by atoms with Crippen molar-refractivity contribution < 1.29 is 15.0 Å². The van der Waals surface area contributed by atoms with Crippen LogP contribution in [0.4, 0.5) is 0 Å². The van der Waals surface area contributed by atoms with E-state index < -0.39 is 0 Å². The Morgan fingerprint density at radius 3 is 2.19 bits per heavy atom. The highest BCUT2D eigenvalue weighted by Gasteiger charge is 2.08. The lowest BCUT2D eigenvalue weighted by Crippen LogP contribution is -2.18. The van der Waals surface area contributed by atoms with Crippen LogP contribution >= 0.6 is 0 Å². The fraction of sp³-hybridized carbons (Fsp3) is 0.364. The van der Waals surface area contributed by atoms with Gasteiger partial charge in [-0.1, -0.05) is 13.8 Å². The molecule has 16 heavy (non-hydrogen) atoms. The summed E-state index contributed by atoms with van der Waals surface area (Å²) in [7, 11) is 0. The maximum atomic E-state index is 9.43. The Labute approximate surface area is 94.9 Å². The number of hydrogen-bond donors (Lipinski definition) is 4. The Balaban J connectivity index is 0.000000487. The van der Waals surface area contributed by atoms with Crippen LogP contribution in [0.5, 0.6) is 11.5 Å². The standard InChI is InChI=1S/C10H14O2.CH4N2O/c1-6(2)8-4-7(3)9(11)5-10(8)12;2-3-1-4/h4-6,11-12H,1-3H3;1H,2H2,(H,3,4). The molecule has 5 heteroatoms. The topological polar surface area (TPSA) is 95.6 Å². The molecular weight excluding hydrogens is 208 g/mol. The number of aromatic hydroxyl groups is 2. The highest BCUT2D eigenvalue weighted by Crippen LogP contribution is 2.31. The molecule has 0 bridgehead atoms. The monoisotopic (exact) mass is 226 g/mol. The molecule has 1 rings (SSSR count). The molecule has 1 aromatic carbocycles. The van der Waals surface area contributed by atoms with Crippen molar-refractivity contribution in [2.75, 3.05) is 0 Å². The zero-order valence-electron chi connectivity index (χ0n) is 9.69. The molecule has 0 unspecified atom stereocenters. The number of hydrazine groups is 1. The third-order valence-electron chi connectivity index (χ3n) is 2.04. The lowest BCUT2D eigenvalue weighted by molar-refractivity contribution is -0.109. The molecule has 5 N–H and O–H groups in total. The van der Waals surface area contributed by atoms with Crippen LogP contribution in [0.2, 0.25) is 0 Å². The summed E-state index contributed by atoms with van der Waals surface area (Å²) in [5.41, 5.74) is 3.43. The molecule has 0 radical (unpaired) electrons. The predicted molar refractivity (Wildman–Crippen MR) is 62.0 cm³/mol. The molecule has 0 aliphatic heterocycles. The van der Waals surface area contributed by atoms with Gasteiger partial charge in [-0.25, -0.2) is 5.84 Å². The van der Waals surface area contributed by atoms with E-state index in [2.05, 4.69) is 5.84 Å². The molecule has 0 heterocycles. The summed E-state index contributed by atoms with van der Waals surface area (Å²) in [6.07, 6.45) is 0.403. The van der Waals surface area contributed by atoms with Crippen molar-refractivity contribution in [2.24, 2.45) is 5.84 Å². The molecule has 90 valence electrons. The zero-order valence-corrected chi connectivity index (χ0v) is 9.69. The lowest BCUT2D eigenvalue weighted by atomic mass is 9.99. The van der Waals surface area contributed by atoms with Crippen LogP contribution in [0, 0.1) is 6.92 Å². The molecule has 0 aliphatic rings. The second kappa shape index (κ2) is 6.68. The first-order chi connectivity index (χ1) is 7.43. The molecule has 0 fully saturated rings. The summed E-state index contributed by atoms with van der Waals surface area (Å²) < 4.78 is 0. The Hall–Kier alpha value is -1.75. The third kappa shape index (κ3) is 4.18. The summed E-state index contributed by atoms with van der Waals surface area (Å²) in [6, 6.07) is 3.21. The van der Waals surface area contributed by atoms with Crippen LogP contribution in [-0.2, 0) is 4.79 Å². The number of nitrogens with one attached hydrogen (secondary N) is 1. The van der Waals surface area contributed by atoms with E-state index in [1.807, 2.05) is 26.8 Å². The van der Waals surface area contributed by atoms with Gasteiger partial charge in [0.05, 0.1) is 0 Å². The van der Waals surface area contributed by atoms with Crippen molar-refractivity contribution in [1.29, 1.82) is 0 Å². The van der Waals surface area contributed by atoms with Crippen LogP contribution < -0.4 is 11.3 Å². The predicted octanol–water partition coefficient (Wildman–Crippen LogP) is 1.14. The maximum absolute atomic E-state index is 9.43. The van der Waals surface area contributed by atoms with Crippen molar-refractivity contribution >= 4 is 6.41 Å². The van der Waals surface area contributed by atoms with Crippen molar-refractivity contribution in [3.05, 3.63) is 23.3 Å². The number of carbonyl (C=O) groups excluding carboxylic acids is 1. The minimum atomic E-state index is 0.150. The number of amides is 1. The molecule has 0 saturated heterocycles. The average Bonchev–Trinajstić information content (AvgIpc) is 2.23. The molecular formula is C11H18N2O3. The number of phenols is 2. The molecule has 0 aliphatic carbocycles. The molecule has 5 nitrogen and oxygen atoms in total. The van der Waals surface area contributed by atoms with Gasteiger partial charge in [-0.2, -0.15) is 0 Å².